The first-order chi connectivity index (χ1) is 5.75. The van der Waals surface area contributed by atoms with E-state index in [1.807, 2.05) is 32.0 Å². The summed E-state index contributed by atoms with van der Waals surface area (Å²) in [4.78, 5) is 4.16. The molecular weight excluding hydrogens is 148 g/mol. The lowest BCUT2D eigenvalue weighted by Gasteiger charge is -2.01. The third-order valence-corrected chi connectivity index (χ3v) is 1.72. The van der Waals surface area contributed by atoms with E-state index in [9.17, 15) is 0 Å². The van der Waals surface area contributed by atoms with Crippen LogP contribution in [0, 0.1) is 19.3 Å². The first-order valence-electron chi connectivity index (χ1n) is 3.85. The molecule has 0 saturated carbocycles. The summed E-state index contributed by atoms with van der Waals surface area (Å²) in [5.41, 5.74) is 3.27. The Bertz CT molecular complexity index is 293. The molecule has 0 spiro atoms. The number of para-hydroxylation sites is 1. The van der Waals surface area contributed by atoms with Crippen molar-refractivity contribution in [1.29, 1.82) is 5.41 Å². The molecule has 62 valence electrons. The molecular formula is C10H12N2. The molecule has 12 heavy (non-hydrogen) atoms. The molecule has 2 nitrogen and oxygen atoms in total. The molecule has 1 N–H and O–H groups in total. The van der Waals surface area contributed by atoms with Crippen molar-refractivity contribution in [1.82, 2.24) is 0 Å². The Balaban J connectivity index is 3.12. The van der Waals surface area contributed by atoms with E-state index in [1.54, 1.807) is 0 Å². The highest BCUT2D eigenvalue weighted by atomic mass is 14.7. The second-order valence-electron chi connectivity index (χ2n) is 2.69. The molecule has 0 aliphatic carbocycles. The van der Waals surface area contributed by atoms with Gasteiger partial charge in [0.15, 0.2) is 0 Å². The van der Waals surface area contributed by atoms with Gasteiger partial charge >= 0.3 is 0 Å². The van der Waals surface area contributed by atoms with E-state index in [0.29, 0.717) is 0 Å². The summed E-state index contributed by atoms with van der Waals surface area (Å²) in [5, 5.41) is 6.82. The highest BCUT2D eigenvalue weighted by molar-refractivity contribution is 6.15. The topological polar surface area (TPSA) is 36.2 Å². The maximum Gasteiger partial charge on any atom is 0.0688 e. The minimum Gasteiger partial charge on any atom is -0.307 e. The minimum absolute atomic E-state index is 0.973. The van der Waals surface area contributed by atoms with Crippen molar-refractivity contribution in [2.75, 3.05) is 0 Å². The van der Waals surface area contributed by atoms with Crippen molar-refractivity contribution >= 4 is 18.1 Å². The van der Waals surface area contributed by atoms with Gasteiger partial charge in [-0.1, -0.05) is 18.2 Å². The van der Waals surface area contributed by atoms with Gasteiger partial charge in [0.05, 0.1) is 5.69 Å². The second kappa shape index (κ2) is 3.81. The summed E-state index contributed by atoms with van der Waals surface area (Å²) in [6.07, 6.45) is 2.68. The quantitative estimate of drug-likeness (QED) is 0.646. The molecule has 2 heteroatoms. The number of nitrogens with one attached hydrogen (secondary N) is 1. The van der Waals surface area contributed by atoms with Gasteiger partial charge in [-0.15, -0.1) is 0 Å². The molecule has 0 bridgehead atoms. The van der Waals surface area contributed by atoms with Crippen LogP contribution in [0.1, 0.15) is 11.1 Å². The number of aliphatic imine (C=N–C) groups is 1. The fourth-order valence-electron chi connectivity index (χ4n) is 1.12. The molecule has 0 fully saturated rings. The van der Waals surface area contributed by atoms with Gasteiger partial charge in [0.2, 0.25) is 0 Å². The average Bonchev–Trinajstić information content (AvgIpc) is 2.04. The van der Waals surface area contributed by atoms with E-state index in [2.05, 4.69) is 4.99 Å². The predicted molar refractivity (Wildman–Crippen MR) is 52.9 cm³/mol. The van der Waals surface area contributed by atoms with E-state index < -0.39 is 0 Å². The number of hydrogen-bond acceptors (Lipinski definition) is 2. The van der Waals surface area contributed by atoms with Crippen molar-refractivity contribution in [2.45, 2.75) is 13.8 Å². The number of hydrogen-bond donors (Lipinski definition) is 1. The normalized spacial score (nSPS) is 10.5. The summed E-state index contributed by atoms with van der Waals surface area (Å²) in [6.45, 7) is 4.03. The van der Waals surface area contributed by atoms with Crippen LogP contribution in [0.5, 0.6) is 0 Å². The molecule has 0 aromatic heterocycles. The van der Waals surface area contributed by atoms with Crippen LogP contribution >= 0.6 is 0 Å². The van der Waals surface area contributed by atoms with E-state index in [1.165, 1.54) is 12.4 Å². The number of rotatable bonds is 2. The third kappa shape index (κ3) is 1.78. The van der Waals surface area contributed by atoms with E-state index in [0.717, 1.165) is 16.8 Å². The lowest BCUT2D eigenvalue weighted by molar-refractivity contribution is 1.34. The fraction of sp³-hybridized carbons (Fsp3) is 0.200. The Morgan fingerprint density at radius 2 is 1.83 bits per heavy atom. The van der Waals surface area contributed by atoms with Crippen molar-refractivity contribution < 1.29 is 0 Å². The van der Waals surface area contributed by atoms with Gasteiger partial charge in [-0.2, -0.15) is 0 Å². The zero-order valence-electron chi connectivity index (χ0n) is 7.33. The van der Waals surface area contributed by atoms with Gasteiger partial charge in [0.1, 0.15) is 0 Å². The van der Waals surface area contributed by atoms with Crippen molar-refractivity contribution in [2.24, 2.45) is 4.99 Å². The summed E-state index contributed by atoms with van der Waals surface area (Å²) < 4.78 is 0. The van der Waals surface area contributed by atoms with Crippen LogP contribution < -0.4 is 0 Å². The van der Waals surface area contributed by atoms with E-state index >= 15 is 0 Å². The van der Waals surface area contributed by atoms with E-state index in [-0.39, 0.29) is 0 Å². The first-order valence-corrected chi connectivity index (χ1v) is 3.85. The summed E-state index contributed by atoms with van der Waals surface area (Å²) in [6, 6.07) is 6.04. The molecule has 0 heterocycles. The Hall–Kier alpha value is -1.44. The maximum absolute atomic E-state index is 6.82. The largest absolute Gasteiger partial charge is 0.307 e. The Morgan fingerprint density at radius 3 is 2.33 bits per heavy atom. The van der Waals surface area contributed by atoms with Gasteiger partial charge in [0.25, 0.3) is 0 Å². The standard InChI is InChI=1S/C10H12N2/c1-8-4-3-5-9(2)10(8)12-7-6-11/h3-7,11H,1-2H3. The minimum atomic E-state index is 0.973. The SMILES string of the molecule is Cc1cccc(C)c1N=CC=N. The lowest BCUT2D eigenvalue weighted by Crippen LogP contribution is -1.80. The van der Waals surface area contributed by atoms with Crippen LogP contribution in [-0.4, -0.2) is 12.4 Å². The third-order valence-electron chi connectivity index (χ3n) is 1.72. The second-order valence-corrected chi connectivity index (χ2v) is 2.69. The highest BCUT2D eigenvalue weighted by Gasteiger charge is 1.96. The smallest absolute Gasteiger partial charge is 0.0688 e. The van der Waals surface area contributed by atoms with Gasteiger partial charge in [-0.25, -0.2) is 0 Å². The van der Waals surface area contributed by atoms with Crippen LogP contribution in [0.4, 0.5) is 5.69 Å². The lowest BCUT2D eigenvalue weighted by atomic mass is 10.1. The molecule has 1 aromatic carbocycles. The first kappa shape index (κ1) is 8.65. The summed E-state index contributed by atoms with van der Waals surface area (Å²) in [5.74, 6) is 0. The van der Waals surface area contributed by atoms with E-state index in [4.69, 9.17) is 5.41 Å². The molecule has 1 rings (SSSR count). The average molecular weight is 160 g/mol. The van der Waals surface area contributed by atoms with Gasteiger partial charge in [-0.3, -0.25) is 4.99 Å². The summed E-state index contributed by atoms with van der Waals surface area (Å²) >= 11 is 0. The van der Waals surface area contributed by atoms with Crippen molar-refractivity contribution in [3.8, 4) is 0 Å². The van der Waals surface area contributed by atoms with Crippen LogP contribution in [0.15, 0.2) is 23.2 Å². The Morgan fingerprint density at radius 1 is 1.25 bits per heavy atom. The molecule has 0 aliphatic rings. The fourth-order valence-corrected chi connectivity index (χ4v) is 1.12. The predicted octanol–water partition coefficient (Wildman–Crippen LogP) is 2.66. The highest BCUT2D eigenvalue weighted by Crippen LogP contribution is 2.21. The summed E-state index contributed by atoms with van der Waals surface area (Å²) in [7, 11) is 0. The molecule has 0 aliphatic heterocycles. The molecule has 0 atom stereocenters. The molecule has 1 aromatic rings. The maximum atomic E-state index is 6.82. The van der Waals surface area contributed by atoms with Gasteiger partial charge < -0.3 is 5.41 Å². The zero-order chi connectivity index (χ0) is 8.97. The monoisotopic (exact) mass is 160 g/mol. The van der Waals surface area contributed by atoms with Crippen LogP contribution in [0.2, 0.25) is 0 Å². The number of benzene rings is 1. The molecule has 0 amide bonds. The Labute approximate surface area is 72.5 Å². The zero-order valence-corrected chi connectivity index (χ0v) is 7.33. The molecule has 0 unspecified atom stereocenters. The van der Waals surface area contributed by atoms with Crippen molar-refractivity contribution in [3.63, 3.8) is 0 Å². The van der Waals surface area contributed by atoms with Gasteiger partial charge in [0, 0.05) is 12.4 Å². The van der Waals surface area contributed by atoms with Crippen LogP contribution in [0.3, 0.4) is 0 Å². The van der Waals surface area contributed by atoms with Crippen LogP contribution in [-0.2, 0) is 0 Å². The number of aryl methyl sites for hydroxylation is 2. The van der Waals surface area contributed by atoms with Crippen LogP contribution in [0.25, 0.3) is 0 Å². The van der Waals surface area contributed by atoms with Crippen molar-refractivity contribution in [3.05, 3.63) is 29.3 Å². The molecule has 0 radical (unpaired) electrons. The Kier molecular flexibility index (Phi) is 2.75. The number of nitrogens with zero attached hydrogens (tertiary/aromatic N) is 1. The van der Waals surface area contributed by atoms with Gasteiger partial charge in [-0.05, 0) is 25.0 Å². The molecule has 0 saturated heterocycles.